The van der Waals surface area contributed by atoms with Crippen LogP contribution in [0.25, 0.3) is 0 Å². The maximum absolute atomic E-state index is 13.2. The van der Waals surface area contributed by atoms with Gasteiger partial charge in [-0.05, 0) is 46.3 Å². The molecule has 0 fully saturated rings. The summed E-state index contributed by atoms with van der Waals surface area (Å²) in [5.41, 5.74) is 1.68. The fraction of sp³-hybridized carbons (Fsp3) is 0. The van der Waals surface area contributed by atoms with E-state index in [1.54, 1.807) is 6.07 Å². The molecule has 2 rings (SSSR count). The summed E-state index contributed by atoms with van der Waals surface area (Å²) in [6, 6.07) is 14.6. The molecule has 1 nitrogen and oxygen atoms in total. The summed E-state index contributed by atoms with van der Waals surface area (Å²) in [6.45, 7) is 0. The molecular formula is C12H10BrClFN. The van der Waals surface area contributed by atoms with Gasteiger partial charge in [-0.2, -0.15) is 0 Å². The van der Waals surface area contributed by atoms with Gasteiger partial charge in [0.05, 0.1) is 4.47 Å². The molecule has 0 aliphatic carbocycles. The Labute approximate surface area is 108 Å². The summed E-state index contributed by atoms with van der Waals surface area (Å²) in [4.78, 5) is 0. The number of para-hydroxylation sites is 1. The number of benzene rings is 2. The molecule has 0 aliphatic rings. The first-order valence-electron chi connectivity index (χ1n) is 4.53. The zero-order valence-corrected chi connectivity index (χ0v) is 10.7. The first-order chi connectivity index (χ1) is 7.25. The van der Waals surface area contributed by atoms with E-state index in [0.29, 0.717) is 4.47 Å². The van der Waals surface area contributed by atoms with Crippen molar-refractivity contribution in [2.45, 2.75) is 0 Å². The maximum Gasteiger partial charge on any atom is 0.139 e. The summed E-state index contributed by atoms with van der Waals surface area (Å²) >= 11 is 3.11. The van der Waals surface area contributed by atoms with Crippen LogP contribution in [0.3, 0.4) is 0 Å². The van der Waals surface area contributed by atoms with Crippen LogP contribution >= 0.6 is 28.3 Å². The van der Waals surface area contributed by atoms with Crippen LogP contribution in [0.4, 0.5) is 15.8 Å². The highest BCUT2D eigenvalue weighted by Gasteiger charge is 2.00. The molecule has 4 heteroatoms. The van der Waals surface area contributed by atoms with Gasteiger partial charge < -0.3 is 5.32 Å². The third-order valence-electron chi connectivity index (χ3n) is 1.98. The number of hydrogen-bond donors (Lipinski definition) is 1. The van der Waals surface area contributed by atoms with Crippen molar-refractivity contribution in [2.24, 2.45) is 0 Å². The number of nitrogens with one attached hydrogen (secondary N) is 1. The molecule has 0 unspecified atom stereocenters. The molecule has 0 spiro atoms. The minimum atomic E-state index is -0.268. The summed E-state index contributed by atoms with van der Waals surface area (Å²) in [6.07, 6.45) is 0. The van der Waals surface area contributed by atoms with Crippen LogP contribution in [0.1, 0.15) is 0 Å². The Kier molecular flexibility index (Phi) is 4.77. The zero-order valence-electron chi connectivity index (χ0n) is 8.28. The number of anilines is 2. The van der Waals surface area contributed by atoms with Crippen LogP contribution < -0.4 is 5.32 Å². The van der Waals surface area contributed by atoms with Gasteiger partial charge in [0, 0.05) is 11.4 Å². The second-order valence-electron chi connectivity index (χ2n) is 3.12. The van der Waals surface area contributed by atoms with Crippen LogP contribution in [0.2, 0.25) is 0 Å². The second-order valence-corrected chi connectivity index (χ2v) is 3.97. The first kappa shape index (κ1) is 13.0. The van der Waals surface area contributed by atoms with Crippen molar-refractivity contribution in [1.29, 1.82) is 0 Å². The van der Waals surface area contributed by atoms with Gasteiger partial charge in [0.1, 0.15) is 5.82 Å². The van der Waals surface area contributed by atoms with Gasteiger partial charge in [-0.15, -0.1) is 12.4 Å². The van der Waals surface area contributed by atoms with E-state index < -0.39 is 0 Å². The summed E-state index contributed by atoms with van der Waals surface area (Å²) in [7, 11) is 0. The van der Waals surface area contributed by atoms with Gasteiger partial charge in [-0.25, -0.2) is 4.39 Å². The molecule has 0 saturated heterocycles. The van der Waals surface area contributed by atoms with E-state index in [-0.39, 0.29) is 18.2 Å². The molecule has 84 valence electrons. The van der Waals surface area contributed by atoms with E-state index in [9.17, 15) is 4.39 Å². The SMILES string of the molecule is Cl.Fc1cc(Nc2ccccc2)ccc1Br. The Morgan fingerprint density at radius 2 is 1.62 bits per heavy atom. The molecular weight excluding hydrogens is 292 g/mol. The second kappa shape index (κ2) is 5.87. The minimum Gasteiger partial charge on any atom is -0.355 e. The van der Waals surface area contributed by atoms with Gasteiger partial charge in [0.2, 0.25) is 0 Å². The molecule has 0 atom stereocenters. The Bertz CT molecular complexity index is 462. The molecule has 0 heterocycles. The molecule has 0 bridgehead atoms. The zero-order chi connectivity index (χ0) is 10.7. The number of rotatable bonds is 2. The number of hydrogen-bond acceptors (Lipinski definition) is 1. The van der Waals surface area contributed by atoms with E-state index in [4.69, 9.17) is 0 Å². The van der Waals surface area contributed by atoms with E-state index >= 15 is 0 Å². The molecule has 0 radical (unpaired) electrons. The van der Waals surface area contributed by atoms with Crippen LogP contribution in [-0.4, -0.2) is 0 Å². The summed E-state index contributed by atoms with van der Waals surface area (Å²) < 4.78 is 13.7. The normalized spacial score (nSPS) is 9.38. The van der Waals surface area contributed by atoms with Gasteiger partial charge in [-0.3, -0.25) is 0 Å². The van der Waals surface area contributed by atoms with Crippen LogP contribution in [0.5, 0.6) is 0 Å². The van der Waals surface area contributed by atoms with Gasteiger partial charge in [-0.1, -0.05) is 18.2 Å². The number of halogens is 3. The largest absolute Gasteiger partial charge is 0.355 e. The average Bonchev–Trinajstić information content (AvgIpc) is 2.25. The van der Waals surface area contributed by atoms with E-state index in [0.717, 1.165) is 11.4 Å². The van der Waals surface area contributed by atoms with E-state index in [2.05, 4.69) is 21.2 Å². The van der Waals surface area contributed by atoms with Gasteiger partial charge in [0.15, 0.2) is 0 Å². The smallest absolute Gasteiger partial charge is 0.139 e. The third kappa shape index (κ3) is 3.22. The highest BCUT2D eigenvalue weighted by molar-refractivity contribution is 9.10. The Balaban J connectivity index is 0.00000128. The Hall–Kier alpha value is -1.06. The van der Waals surface area contributed by atoms with Crippen molar-refractivity contribution in [3.63, 3.8) is 0 Å². The minimum absolute atomic E-state index is 0. The van der Waals surface area contributed by atoms with Crippen molar-refractivity contribution in [3.05, 3.63) is 58.8 Å². The lowest BCUT2D eigenvalue weighted by Crippen LogP contribution is -1.90. The van der Waals surface area contributed by atoms with Crippen LogP contribution in [0, 0.1) is 5.82 Å². The Morgan fingerprint density at radius 1 is 0.938 bits per heavy atom. The third-order valence-corrected chi connectivity index (χ3v) is 2.63. The fourth-order valence-corrected chi connectivity index (χ4v) is 1.51. The van der Waals surface area contributed by atoms with Crippen LogP contribution in [0.15, 0.2) is 53.0 Å². The van der Waals surface area contributed by atoms with Crippen molar-refractivity contribution in [3.8, 4) is 0 Å². The Morgan fingerprint density at radius 3 is 2.25 bits per heavy atom. The first-order valence-corrected chi connectivity index (χ1v) is 5.32. The van der Waals surface area contributed by atoms with Crippen molar-refractivity contribution < 1.29 is 4.39 Å². The molecule has 0 saturated carbocycles. The van der Waals surface area contributed by atoms with Gasteiger partial charge >= 0.3 is 0 Å². The highest BCUT2D eigenvalue weighted by Crippen LogP contribution is 2.22. The van der Waals surface area contributed by atoms with Crippen molar-refractivity contribution in [2.75, 3.05) is 5.32 Å². The predicted molar refractivity (Wildman–Crippen MR) is 71.1 cm³/mol. The molecule has 2 aromatic carbocycles. The standard InChI is InChI=1S/C12H9BrFN.ClH/c13-11-7-6-10(8-12(11)14)15-9-4-2-1-3-5-9;/h1-8,15H;1H. The topological polar surface area (TPSA) is 12.0 Å². The summed E-state index contributed by atoms with van der Waals surface area (Å²) in [5, 5.41) is 3.11. The lowest BCUT2D eigenvalue weighted by molar-refractivity contribution is 0.622. The molecule has 0 amide bonds. The maximum atomic E-state index is 13.2. The van der Waals surface area contributed by atoms with Crippen molar-refractivity contribution in [1.82, 2.24) is 0 Å². The lowest BCUT2D eigenvalue weighted by Gasteiger charge is -2.06. The molecule has 0 aliphatic heterocycles. The quantitative estimate of drug-likeness (QED) is 0.844. The average molecular weight is 303 g/mol. The van der Waals surface area contributed by atoms with E-state index in [1.165, 1.54) is 6.07 Å². The molecule has 1 N–H and O–H groups in total. The molecule has 16 heavy (non-hydrogen) atoms. The van der Waals surface area contributed by atoms with E-state index in [1.807, 2.05) is 36.4 Å². The molecule has 0 aromatic heterocycles. The molecule has 2 aromatic rings. The van der Waals surface area contributed by atoms with Crippen LogP contribution in [-0.2, 0) is 0 Å². The monoisotopic (exact) mass is 301 g/mol. The lowest BCUT2D eigenvalue weighted by atomic mass is 10.2. The predicted octanol–water partition coefficient (Wildman–Crippen LogP) is 4.75. The fourth-order valence-electron chi connectivity index (χ4n) is 1.26. The summed E-state index contributed by atoms with van der Waals surface area (Å²) in [5.74, 6) is -0.268. The van der Waals surface area contributed by atoms with Crippen molar-refractivity contribution >= 4 is 39.7 Å². The highest BCUT2D eigenvalue weighted by atomic mass is 79.9. The van der Waals surface area contributed by atoms with Gasteiger partial charge in [0.25, 0.3) is 0 Å².